The Morgan fingerprint density at radius 3 is 2.94 bits per heavy atom. The van der Waals surface area contributed by atoms with Gasteiger partial charge in [0, 0.05) is 16.3 Å². The van der Waals surface area contributed by atoms with Crippen LogP contribution in [-0.4, -0.2) is 18.0 Å². The van der Waals surface area contributed by atoms with Gasteiger partial charge in [-0.25, -0.2) is 0 Å². The summed E-state index contributed by atoms with van der Waals surface area (Å²) in [5, 5.41) is 0. The van der Waals surface area contributed by atoms with Crippen LogP contribution in [-0.2, 0) is 4.74 Å². The van der Waals surface area contributed by atoms with E-state index in [1.165, 1.54) is 23.3 Å². The molecule has 16 heavy (non-hydrogen) atoms. The number of nitrogens with two attached hydrogens (primary N) is 1. The summed E-state index contributed by atoms with van der Waals surface area (Å²) in [6.45, 7) is 4.23. The molecule has 1 fully saturated rings. The van der Waals surface area contributed by atoms with Crippen molar-refractivity contribution in [3.8, 4) is 0 Å². The number of thioether (sulfide) groups is 1. The van der Waals surface area contributed by atoms with Gasteiger partial charge in [-0.1, -0.05) is 6.07 Å². The minimum Gasteiger partial charge on any atom is -0.398 e. The summed E-state index contributed by atoms with van der Waals surface area (Å²) in [5.41, 5.74) is 7.96. The topological polar surface area (TPSA) is 35.2 Å². The van der Waals surface area contributed by atoms with Crippen molar-refractivity contribution in [2.75, 3.05) is 11.5 Å². The number of rotatable bonds is 3. The van der Waals surface area contributed by atoms with Gasteiger partial charge < -0.3 is 10.5 Å². The molecule has 2 rings (SSSR count). The van der Waals surface area contributed by atoms with Gasteiger partial charge in [0.15, 0.2) is 0 Å². The van der Waals surface area contributed by atoms with Crippen molar-refractivity contribution in [2.45, 2.75) is 43.8 Å². The Balaban J connectivity index is 1.92. The van der Waals surface area contributed by atoms with E-state index >= 15 is 0 Å². The standard InChI is InChI=1S/C13H19NOS/c1-9-6-7-11(15-9)8-16-13-5-3-4-12(14)10(13)2/h3-5,9,11H,6-8,14H2,1-2H3. The normalized spacial score (nSPS) is 24.9. The third-order valence-corrected chi connectivity index (χ3v) is 4.36. The van der Waals surface area contributed by atoms with Gasteiger partial charge in [-0.3, -0.25) is 0 Å². The lowest BCUT2D eigenvalue weighted by Gasteiger charge is -2.12. The van der Waals surface area contributed by atoms with Crippen LogP contribution in [0.5, 0.6) is 0 Å². The number of hydrogen-bond donors (Lipinski definition) is 1. The maximum absolute atomic E-state index is 5.88. The van der Waals surface area contributed by atoms with Crippen molar-refractivity contribution in [1.29, 1.82) is 0 Å². The maximum Gasteiger partial charge on any atom is 0.0673 e. The van der Waals surface area contributed by atoms with Crippen LogP contribution in [0.25, 0.3) is 0 Å². The van der Waals surface area contributed by atoms with E-state index in [0.29, 0.717) is 12.2 Å². The largest absolute Gasteiger partial charge is 0.398 e. The van der Waals surface area contributed by atoms with Gasteiger partial charge in [0.1, 0.15) is 0 Å². The van der Waals surface area contributed by atoms with E-state index in [1.54, 1.807) is 0 Å². The van der Waals surface area contributed by atoms with Crippen LogP contribution in [0.15, 0.2) is 23.1 Å². The van der Waals surface area contributed by atoms with Crippen LogP contribution < -0.4 is 5.73 Å². The first kappa shape index (κ1) is 11.8. The third-order valence-electron chi connectivity index (χ3n) is 3.07. The predicted octanol–water partition coefficient (Wildman–Crippen LogP) is 3.24. The molecule has 1 aliphatic heterocycles. The Hall–Kier alpha value is -0.670. The number of ether oxygens (including phenoxy) is 1. The lowest BCUT2D eigenvalue weighted by Crippen LogP contribution is -2.10. The Labute approximate surface area is 102 Å². The summed E-state index contributed by atoms with van der Waals surface area (Å²) in [5.74, 6) is 1.04. The molecule has 2 N–H and O–H groups in total. The summed E-state index contributed by atoms with van der Waals surface area (Å²) in [4.78, 5) is 1.28. The molecule has 2 atom stereocenters. The lowest BCUT2D eigenvalue weighted by atomic mass is 10.2. The van der Waals surface area contributed by atoms with Gasteiger partial charge in [0.2, 0.25) is 0 Å². The van der Waals surface area contributed by atoms with E-state index in [-0.39, 0.29) is 0 Å². The van der Waals surface area contributed by atoms with E-state index in [1.807, 2.05) is 23.9 Å². The molecule has 0 amide bonds. The van der Waals surface area contributed by atoms with Gasteiger partial charge in [-0.15, -0.1) is 11.8 Å². The first-order valence-corrected chi connectivity index (χ1v) is 6.78. The molecular weight excluding hydrogens is 218 g/mol. The number of benzene rings is 1. The van der Waals surface area contributed by atoms with E-state index in [9.17, 15) is 0 Å². The zero-order valence-corrected chi connectivity index (χ0v) is 10.7. The van der Waals surface area contributed by atoms with Crippen LogP contribution in [0.2, 0.25) is 0 Å². The molecule has 0 aromatic heterocycles. The molecule has 3 heteroatoms. The molecule has 0 saturated carbocycles. The second-order valence-electron chi connectivity index (χ2n) is 4.43. The monoisotopic (exact) mass is 237 g/mol. The highest BCUT2D eigenvalue weighted by Crippen LogP contribution is 2.30. The van der Waals surface area contributed by atoms with Gasteiger partial charge in [0.25, 0.3) is 0 Å². The van der Waals surface area contributed by atoms with Gasteiger partial charge >= 0.3 is 0 Å². The highest BCUT2D eigenvalue weighted by atomic mass is 32.2. The molecule has 0 bridgehead atoms. The molecule has 0 aliphatic carbocycles. The lowest BCUT2D eigenvalue weighted by molar-refractivity contribution is 0.0700. The fourth-order valence-corrected chi connectivity index (χ4v) is 3.10. The number of nitrogen functional groups attached to an aromatic ring is 1. The molecule has 88 valence electrons. The summed E-state index contributed by atoms with van der Waals surface area (Å²) in [6, 6.07) is 6.10. The molecule has 1 aliphatic rings. The van der Waals surface area contributed by atoms with Crippen LogP contribution >= 0.6 is 11.8 Å². The molecule has 1 aromatic rings. The van der Waals surface area contributed by atoms with E-state index in [2.05, 4.69) is 19.9 Å². The fraction of sp³-hybridized carbons (Fsp3) is 0.538. The first-order valence-electron chi connectivity index (χ1n) is 5.80. The predicted molar refractivity (Wildman–Crippen MR) is 69.9 cm³/mol. The highest BCUT2D eigenvalue weighted by Gasteiger charge is 2.21. The minimum absolute atomic E-state index is 0.417. The zero-order valence-electron chi connectivity index (χ0n) is 9.90. The van der Waals surface area contributed by atoms with Crippen LogP contribution in [0.1, 0.15) is 25.3 Å². The van der Waals surface area contributed by atoms with E-state index in [0.717, 1.165) is 11.4 Å². The van der Waals surface area contributed by atoms with Crippen molar-refractivity contribution < 1.29 is 4.74 Å². The van der Waals surface area contributed by atoms with E-state index < -0.39 is 0 Å². The Kier molecular flexibility index (Phi) is 3.77. The summed E-state index contributed by atoms with van der Waals surface area (Å²) < 4.78 is 5.80. The van der Waals surface area contributed by atoms with Gasteiger partial charge in [0.05, 0.1) is 12.2 Å². The summed E-state index contributed by atoms with van der Waals surface area (Å²) in [7, 11) is 0. The summed E-state index contributed by atoms with van der Waals surface area (Å²) in [6.07, 6.45) is 3.24. The molecule has 0 radical (unpaired) electrons. The summed E-state index contributed by atoms with van der Waals surface area (Å²) >= 11 is 1.86. The van der Waals surface area contributed by atoms with Crippen molar-refractivity contribution >= 4 is 17.4 Å². The quantitative estimate of drug-likeness (QED) is 0.647. The van der Waals surface area contributed by atoms with Crippen molar-refractivity contribution in [2.24, 2.45) is 0 Å². The number of hydrogen-bond acceptors (Lipinski definition) is 3. The molecule has 2 unspecified atom stereocenters. The first-order chi connectivity index (χ1) is 7.66. The Bertz CT molecular complexity index is 367. The van der Waals surface area contributed by atoms with Crippen molar-refractivity contribution in [3.63, 3.8) is 0 Å². The van der Waals surface area contributed by atoms with E-state index in [4.69, 9.17) is 10.5 Å². The van der Waals surface area contributed by atoms with Crippen LogP contribution in [0, 0.1) is 6.92 Å². The number of anilines is 1. The molecule has 0 spiro atoms. The molecule has 1 saturated heterocycles. The average Bonchev–Trinajstić information content (AvgIpc) is 2.67. The second kappa shape index (κ2) is 5.11. The molecule has 2 nitrogen and oxygen atoms in total. The van der Waals surface area contributed by atoms with Crippen LogP contribution in [0.3, 0.4) is 0 Å². The van der Waals surface area contributed by atoms with Crippen molar-refractivity contribution in [1.82, 2.24) is 0 Å². The Morgan fingerprint density at radius 1 is 1.44 bits per heavy atom. The van der Waals surface area contributed by atoms with Gasteiger partial charge in [-0.2, -0.15) is 0 Å². The second-order valence-corrected chi connectivity index (χ2v) is 5.49. The average molecular weight is 237 g/mol. The van der Waals surface area contributed by atoms with Crippen LogP contribution in [0.4, 0.5) is 5.69 Å². The molecular formula is C13H19NOS. The molecule has 1 aromatic carbocycles. The maximum atomic E-state index is 5.88. The third kappa shape index (κ3) is 2.71. The minimum atomic E-state index is 0.417. The fourth-order valence-electron chi connectivity index (χ4n) is 1.98. The smallest absolute Gasteiger partial charge is 0.0673 e. The highest BCUT2D eigenvalue weighted by molar-refractivity contribution is 7.99. The van der Waals surface area contributed by atoms with Gasteiger partial charge in [-0.05, 0) is 44.4 Å². The SMILES string of the molecule is Cc1c(N)cccc1SCC1CCC(C)O1. The zero-order chi connectivity index (χ0) is 11.5. The molecule has 1 heterocycles. The Morgan fingerprint density at radius 2 is 2.25 bits per heavy atom. The van der Waals surface area contributed by atoms with Crippen molar-refractivity contribution in [3.05, 3.63) is 23.8 Å².